The van der Waals surface area contributed by atoms with Crippen molar-refractivity contribution in [2.75, 3.05) is 6.54 Å². The van der Waals surface area contributed by atoms with E-state index in [0.29, 0.717) is 6.04 Å². The van der Waals surface area contributed by atoms with E-state index in [0.717, 1.165) is 22.8 Å². The molecule has 118 valence electrons. The van der Waals surface area contributed by atoms with E-state index < -0.39 is 0 Å². The first-order chi connectivity index (χ1) is 10.1. The summed E-state index contributed by atoms with van der Waals surface area (Å²) in [6, 6.07) is 9.01. The summed E-state index contributed by atoms with van der Waals surface area (Å²) < 4.78 is 0. The summed E-state index contributed by atoms with van der Waals surface area (Å²) in [6.07, 6.45) is 6.68. The van der Waals surface area contributed by atoms with E-state index in [4.69, 9.17) is 11.6 Å². The molecule has 0 aliphatic heterocycles. The lowest BCUT2D eigenvalue weighted by Crippen LogP contribution is -2.36. The third-order valence-electron chi connectivity index (χ3n) is 5.00. The molecule has 0 amide bonds. The van der Waals surface area contributed by atoms with E-state index in [1.165, 1.54) is 44.2 Å². The molecule has 0 heterocycles. The van der Waals surface area contributed by atoms with Crippen molar-refractivity contribution >= 4 is 11.6 Å². The van der Waals surface area contributed by atoms with E-state index in [2.05, 4.69) is 44.3 Å². The molecule has 0 bridgehead atoms. The normalized spacial score (nSPS) is 26.2. The molecule has 1 aliphatic carbocycles. The molecule has 1 aromatic rings. The Morgan fingerprint density at radius 3 is 2.71 bits per heavy atom. The second-order valence-corrected chi connectivity index (χ2v) is 7.44. The van der Waals surface area contributed by atoms with Gasteiger partial charge in [0.2, 0.25) is 0 Å². The molecule has 1 aromatic carbocycles. The lowest BCUT2D eigenvalue weighted by atomic mass is 9.71. The molecule has 0 saturated heterocycles. The van der Waals surface area contributed by atoms with Crippen molar-refractivity contribution in [2.45, 2.75) is 58.9 Å². The Hall–Kier alpha value is -0.530. The van der Waals surface area contributed by atoms with Crippen molar-refractivity contribution < 1.29 is 0 Å². The molecule has 2 heteroatoms. The van der Waals surface area contributed by atoms with Crippen LogP contribution in [0.2, 0.25) is 5.02 Å². The summed E-state index contributed by atoms with van der Waals surface area (Å²) in [5.74, 6) is 2.53. The summed E-state index contributed by atoms with van der Waals surface area (Å²) in [7, 11) is 0. The fourth-order valence-electron chi connectivity index (χ4n) is 3.67. The van der Waals surface area contributed by atoms with Gasteiger partial charge in [-0.1, -0.05) is 57.3 Å². The second kappa shape index (κ2) is 8.19. The second-order valence-electron chi connectivity index (χ2n) is 7.00. The number of benzene rings is 1. The molecule has 1 N–H and O–H groups in total. The molecule has 21 heavy (non-hydrogen) atoms. The highest BCUT2D eigenvalue weighted by atomic mass is 35.5. The molecule has 0 spiro atoms. The van der Waals surface area contributed by atoms with Gasteiger partial charge in [-0.25, -0.2) is 0 Å². The van der Waals surface area contributed by atoms with Gasteiger partial charge in [0.1, 0.15) is 0 Å². The molecule has 3 unspecified atom stereocenters. The zero-order valence-corrected chi connectivity index (χ0v) is 14.5. The average molecular weight is 308 g/mol. The molecule has 3 atom stereocenters. The fourth-order valence-corrected chi connectivity index (χ4v) is 3.88. The Kier molecular flexibility index (Phi) is 6.57. The van der Waals surface area contributed by atoms with Gasteiger partial charge in [0.05, 0.1) is 0 Å². The summed E-state index contributed by atoms with van der Waals surface area (Å²) in [4.78, 5) is 0. The summed E-state index contributed by atoms with van der Waals surface area (Å²) in [5.41, 5.74) is 1.40. The summed E-state index contributed by atoms with van der Waals surface area (Å²) in [6.45, 7) is 7.99. The predicted molar refractivity (Wildman–Crippen MR) is 92.9 cm³/mol. The van der Waals surface area contributed by atoms with E-state index >= 15 is 0 Å². The average Bonchev–Trinajstić information content (AvgIpc) is 2.45. The van der Waals surface area contributed by atoms with Crippen molar-refractivity contribution in [1.82, 2.24) is 5.32 Å². The zero-order chi connectivity index (χ0) is 15.2. The highest BCUT2D eigenvalue weighted by Gasteiger charge is 2.29. The van der Waals surface area contributed by atoms with E-state index in [1.54, 1.807) is 0 Å². The maximum atomic E-state index is 6.15. The zero-order valence-electron chi connectivity index (χ0n) is 13.7. The first-order valence-corrected chi connectivity index (χ1v) is 8.94. The third-order valence-corrected chi connectivity index (χ3v) is 5.24. The minimum atomic E-state index is 0.584. The lowest BCUT2D eigenvalue weighted by Gasteiger charge is -2.37. The molecule has 1 fully saturated rings. The first-order valence-electron chi connectivity index (χ1n) is 8.56. The van der Waals surface area contributed by atoms with Crippen LogP contribution in [0, 0.1) is 17.8 Å². The van der Waals surface area contributed by atoms with Crippen LogP contribution in [0.25, 0.3) is 0 Å². The van der Waals surface area contributed by atoms with Gasteiger partial charge in [0.25, 0.3) is 0 Å². The van der Waals surface area contributed by atoms with Crippen molar-refractivity contribution in [3.05, 3.63) is 34.9 Å². The molecule has 1 saturated carbocycles. The van der Waals surface area contributed by atoms with Gasteiger partial charge in [-0.3, -0.25) is 0 Å². The highest BCUT2D eigenvalue weighted by molar-refractivity contribution is 6.30. The van der Waals surface area contributed by atoms with Crippen molar-refractivity contribution in [1.29, 1.82) is 0 Å². The van der Waals surface area contributed by atoms with Gasteiger partial charge < -0.3 is 5.32 Å². The van der Waals surface area contributed by atoms with Crippen LogP contribution in [0.1, 0.15) is 52.0 Å². The van der Waals surface area contributed by atoms with Gasteiger partial charge in [0.15, 0.2) is 0 Å². The molecule has 0 radical (unpaired) electrons. The first kappa shape index (κ1) is 16.8. The fraction of sp³-hybridized carbons (Fsp3) is 0.684. The van der Waals surface area contributed by atoms with Crippen LogP contribution < -0.4 is 5.32 Å². The SMILES string of the molecule is CCC1CCC(CNC(C)C)C(Cc2cccc(Cl)c2)C1. The van der Waals surface area contributed by atoms with Gasteiger partial charge in [-0.2, -0.15) is 0 Å². The Bertz CT molecular complexity index is 429. The van der Waals surface area contributed by atoms with Crippen LogP contribution in [-0.4, -0.2) is 12.6 Å². The summed E-state index contributed by atoms with van der Waals surface area (Å²) >= 11 is 6.15. The molecule has 0 aromatic heterocycles. The minimum absolute atomic E-state index is 0.584. The quantitative estimate of drug-likeness (QED) is 0.749. The number of hydrogen-bond donors (Lipinski definition) is 1. The topological polar surface area (TPSA) is 12.0 Å². The van der Waals surface area contributed by atoms with Gasteiger partial charge in [-0.15, -0.1) is 0 Å². The summed E-state index contributed by atoms with van der Waals surface area (Å²) in [5, 5.41) is 4.52. The van der Waals surface area contributed by atoms with Crippen molar-refractivity contribution in [2.24, 2.45) is 17.8 Å². The molecule has 2 rings (SSSR count). The maximum Gasteiger partial charge on any atom is 0.0408 e. The monoisotopic (exact) mass is 307 g/mol. The molecular formula is C19H30ClN. The molecule has 1 nitrogen and oxygen atoms in total. The van der Waals surface area contributed by atoms with E-state index in [9.17, 15) is 0 Å². The van der Waals surface area contributed by atoms with Gasteiger partial charge in [0, 0.05) is 11.1 Å². The van der Waals surface area contributed by atoms with Crippen molar-refractivity contribution in [3.63, 3.8) is 0 Å². The Morgan fingerprint density at radius 2 is 2.05 bits per heavy atom. The Morgan fingerprint density at radius 1 is 1.24 bits per heavy atom. The smallest absolute Gasteiger partial charge is 0.0408 e. The van der Waals surface area contributed by atoms with Gasteiger partial charge >= 0.3 is 0 Å². The maximum absolute atomic E-state index is 6.15. The third kappa shape index (κ3) is 5.30. The van der Waals surface area contributed by atoms with Crippen LogP contribution in [-0.2, 0) is 6.42 Å². The minimum Gasteiger partial charge on any atom is -0.314 e. The van der Waals surface area contributed by atoms with Gasteiger partial charge in [-0.05, 0) is 61.3 Å². The van der Waals surface area contributed by atoms with Crippen LogP contribution in [0.4, 0.5) is 0 Å². The molecule has 1 aliphatic rings. The van der Waals surface area contributed by atoms with Crippen LogP contribution in [0.15, 0.2) is 24.3 Å². The van der Waals surface area contributed by atoms with E-state index in [-0.39, 0.29) is 0 Å². The van der Waals surface area contributed by atoms with Crippen LogP contribution >= 0.6 is 11.6 Å². The van der Waals surface area contributed by atoms with E-state index in [1.807, 2.05) is 6.07 Å². The number of halogens is 1. The Balaban J connectivity index is 2.02. The predicted octanol–water partition coefficient (Wildman–Crippen LogP) is 5.32. The Labute approximate surface area is 135 Å². The number of rotatable bonds is 6. The lowest BCUT2D eigenvalue weighted by molar-refractivity contribution is 0.169. The number of hydrogen-bond acceptors (Lipinski definition) is 1. The standard InChI is InChI=1S/C19H30ClN/c1-4-15-8-9-17(13-21-14(2)3)18(10-15)11-16-6-5-7-19(20)12-16/h5-7,12,14-15,17-18,21H,4,8-11,13H2,1-3H3. The largest absolute Gasteiger partial charge is 0.314 e. The van der Waals surface area contributed by atoms with Crippen LogP contribution in [0.3, 0.4) is 0 Å². The van der Waals surface area contributed by atoms with Crippen molar-refractivity contribution in [3.8, 4) is 0 Å². The highest BCUT2D eigenvalue weighted by Crippen LogP contribution is 2.37. The van der Waals surface area contributed by atoms with Crippen LogP contribution in [0.5, 0.6) is 0 Å². The number of nitrogens with one attached hydrogen (secondary N) is 1. The molecular weight excluding hydrogens is 278 g/mol.